The van der Waals surface area contributed by atoms with Crippen molar-refractivity contribution in [1.29, 1.82) is 0 Å². The van der Waals surface area contributed by atoms with E-state index < -0.39 is 11.2 Å². The average molecular weight is 294 g/mol. The van der Waals surface area contributed by atoms with Crippen LogP contribution < -0.4 is 5.32 Å². The van der Waals surface area contributed by atoms with Crippen LogP contribution in [0.5, 0.6) is 0 Å². The summed E-state index contributed by atoms with van der Waals surface area (Å²) in [5.41, 5.74) is 0.108. The van der Waals surface area contributed by atoms with Crippen molar-refractivity contribution in [3.8, 4) is 0 Å². The molecule has 0 amide bonds. The minimum atomic E-state index is -4.41. The number of hydrogen-bond acceptors (Lipinski definition) is 5. The minimum absolute atomic E-state index is 0.108. The molecular formula is C11H17F3N4S. The van der Waals surface area contributed by atoms with E-state index in [4.69, 9.17) is 0 Å². The van der Waals surface area contributed by atoms with Gasteiger partial charge in [-0.15, -0.1) is 10.2 Å². The molecule has 0 aliphatic carbocycles. The average Bonchev–Trinajstić information content (AvgIpc) is 2.80. The zero-order chi connectivity index (χ0) is 14.1. The molecule has 19 heavy (non-hydrogen) atoms. The summed E-state index contributed by atoms with van der Waals surface area (Å²) in [6, 6.07) is 0. The van der Waals surface area contributed by atoms with E-state index in [1.54, 1.807) is 0 Å². The number of aromatic nitrogens is 2. The number of nitrogens with one attached hydrogen (secondary N) is 1. The Hall–Kier alpha value is -0.890. The Bertz CT molecular complexity index is 424. The van der Waals surface area contributed by atoms with Crippen LogP contribution in [0.4, 0.5) is 18.3 Å². The van der Waals surface area contributed by atoms with E-state index in [1.165, 1.54) is 0 Å². The number of nitrogens with zero attached hydrogens (tertiary/aromatic N) is 3. The van der Waals surface area contributed by atoms with Gasteiger partial charge in [-0.05, 0) is 38.4 Å². The maximum absolute atomic E-state index is 12.4. The Morgan fingerprint density at radius 2 is 1.95 bits per heavy atom. The first-order valence-electron chi connectivity index (χ1n) is 6.12. The summed E-state index contributed by atoms with van der Waals surface area (Å²) in [6.45, 7) is 4.82. The van der Waals surface area contributed by atoms with Crippen LogP contribution in [0.25, 0.3) is 0 Å². The number of likely N-dealkylation sites (tertiary alicyclic amines) is 1. The molecule has 1 aliphatic heterocycles. The molecule has 2 rings (SSSR count). The molecule has 0 radical (unpaired) electrons. The number of piperidine rings is 1. The number of halogens is 3. The summed E-state index contributed by atoms with van der Waals surface area (Å²) in [7, 11) is 2.08. The summed E-state index contributed by atoms with van der Waals surface area (Å²) in [6.07, 6.45) is -2.35. The van der Waals surface area contributed by atoms with Crippen LogP contribution in [0.15, 0.2) is 0 Å². The van der Waals surface area contributed by atoms with Gasteiger partial charge in [0, 0.05) is 6.54 Å². The molecule has 1 aliphatic rings. The van der Waals surface area contributed by atoms with Gasteiger partial charge in [0.25, 0.3) is 0 Å². The van der Waals surface area contributed by atoms with Crippen LogP contribution in [0, 0.1) is 5.41 Å². The maximum atomic E-state index is 12.4. The second-order valence-electron chi connectivity index (χ2n) is 5.38. The largest absolute Gasteiger partial charge is 0.445 e. The van der Waals surface area contributed by atoms with E-state index in [9.17, 15) is 13.2 Å². The van der Waals surface area contributed by atoms with Gasteiger partial charge in [0.15, 0.2) is 0 Å². The van der Waals surface area contributed by atoms with Crippen LogP contribution in [0.2, 0.25) is 0 Å². The van der Waals surface area contributed by atoms with Crippen LogP contribution >= 0.6 is 11.3 Å². The molecule has 2 heterocycles. The molecule has 8 heteroatoms. The first kappa shape index (κ1) is 14.5. The molecule has 0 spiro atoms. The van der Waals surface area contributed by atoms with Crippen molar-refractivity contribution < 1.29 is 13.2 Å². The van der Waals surface area contributed by atoms with Crippen LogP contribution in [0.3, 0.4) is 0 Å². The lowest BCUT2D eigenvalue weighted by Gasteiger charge is -2.37. The molecule has 0 atom stereocenters. The summed E-state index contributed by atoms with van der Waals surface area (Å²) >= 11 is 0.559. The van der Waals surface area contributed by atoms with Gasteiger partial charge in [0.1, 0.15) is 0 Å². The molecule has 1 N–H and O–H groups in total. The number of rotatable bonds is 3. The van der Waals surface area contributed by atoms with E-state index in [-0.39, 0.29) is 10.5 Å². The van der Waals surface area contributed by atoms with Crippen LogP contribution in [0.1, 0.15) is 24.8 Å². The Morgan fingerprint density at radius 1 is 1.32 bits per heavy atom. The quantitative estimate of drug-likeness (QED) is 0.930. The molecular weight excluding hydrogens is 277 g/mol. The zero-order valence-corrected chi connectivity index (χ0v) is 11.7. The van der Waals surface area contributed by atoms with Crippen molar-refractivity contribution in [3.63, 3.8) is 0 Å². The van der Waals surface area contributed by atoms with Crippen molar-refractivity contribution in [2.75, 3.05) is 32.0 Å². The highest BCUT2D eigenvalue weighted by Gasteiger charge is 2.36. The van der Waals surface area contributed by atoms with Gasteiger partial charge < -0.3 is 10.2 Å². The van der Waals surface area contributed by atoms with Crippen molar-refractivity contribution in [1.82, 2.24) is 15.1 Å². The number of hydrogen-bond donors (Lipinski definition) is 1. The Morgan fingerprint density at radius 3 is 2.47 bits per heavy atom. The summed E-state index contributed by atoms with van der Waals surface area (Å²) in [5, 5.41) is 9.03. The Labute approximate surface area is 114 Å². The maximum Gasteiger partial charge on any atom is 0.445 e. The number of anilines is 1. The van der Waals surface area contributed by atoms with E-state index in [1.807, 2.05) is 0 Å². The molecule has 1 aromatic rings. The van der Waals surface area contributed by atoms with Crippen molar-refractivity contribution in [2.24, 2.45) is 5.41 Å². The third-order valence-electron chi connectivity index (χ3n) is 3.53. The fourth-order valence-electron chi connectivity index (χ4n) is 2.03. The fourth-order valence-corrected chi connectivity index (χ4v) is 2.64. The van der Waals surface area contributed by atoms with Gasteiger partial charge in [-0.1, -0.05) is 18.3 Å². The van der Waals surface area contributed by atoms with E-state index in [2.05, 4.69) is 34.4 Å². The molecule has 0 unspecified atom stereocenters. The standard InChI is InChI=1S/C11H17F3N4S/c1-10(3-5-18(2)6-4-10)7-15-9-17-16-8(19-9)11(12,13)14/h3-7H2,1-2H3,(H,15,17). The van der Waals surface area contributed by atoms with E-state index in [0.29, 0.717) is 17.9 Å². The summed E-state index contributed by atoms with van der Waals surface area (Å²) in [5.74, 6) is 0. The molecule has 1 saturated heterocycles. The topological polar surface area (TPSA) is 41.0 Å². The molecule has 0 saturated carbocycles. The van der Waals surface area contributed by atoms with Gasteiger partial charge in [-0.2, -0.15) is 13.2 Å². The van der Waals surface area contributed by atoms with Crippen molar-refractivity contribution in [3.05, 3.63) is 5.01 Å². The predicted molar refractivity (Wildman–Crippen MR) is 68.2 cm³/mol. The zero-order valence-electron chi connectivity index (χ0n) is 10.9. The van der Waals surface area contributed by atoms with E-state index >= 15 is 0 Å². The Kier molecular flexibility index (Phi) is 4.00. The highest BCUT2D eigenvalue weighted by molar-refractivity contribution is 7.15. The van der Waals surface area contributed by atoms with Gasteiger partial charge in [0.2, 0.25) is 10.1 Å². The normalized spacial score (nSPS) is 20.5. The smallest absolute Gasteiger partial charge is 0.360 e. The molecule has 1 aromatic heterocycles. The van der Waals surface area contributed by atoms with Gasteiger partial charge >= 0.3 is 6.18 Å². The molecule has 108 valence electrons. The first-order chi connectivity index (χ1) is 8.78. The Balaban J connectivity index is 1.90. The lowest BCUT2D eigenvalue weighted by atomic mass is 9.80. The third kappa shape index (κ3) is 3.79. The van der Waals surface area contributed by atoms with Gasteiger partial charge in [-0.25, -0.2) is 0 Å². The SMILES string of the molecule is CN1CCC(C)(CNc2nnc(C(F)(F)F)s2)CC1. The number of alkyl halides is 3. The summed E-state index contributed by atoms with van der Waals surface area (Å²) < 4.78 is 37.2. The third-order valence-corrected chi connectivity index (χ3v) is 4.45. The molecule has 0 aromatic carbocycles. The molecule has 4 nitrogen and oxygen atoms in total. The van der Waals surface area contributed by atoms with Crippen molar-refractivity contribution >= 4 is 16.5 Å². The minimum Gasteiger partial charge on any atom is -0.360 e. The van der Waals surface area contributed by atoms with E-state index in [0.717, 1.165) is 25.9 Å². The lowest BCUT2D eigenvalue weighted by Crippen LogP contribution is -2.40. The van der Waals surface area contributed by atoms with Crippen LogP contribution in [-0.4, -0.2) is 41.8 Å². The van der Waals surface area contributed by atoms with Gasteiger partial charge in [0.05, 0.1) is 0 Å². The highest BCUT2D eigenvalue weighted by atomic mass is 32.1. The fraction of sp³-hybridized carbons (Fsp3) is 0.818. The van der Waals surface area contributed by atoms with Crippen molar-refractivity contribution in [2.45, 2.75) is 25.9 Å². The second kappa shape index (κ2) is 5.24. The highest BCUT2D eigenvalue weighted by Crippen LogP contribution is 2.34. The van der Waals surface area contributed by atoms with Gasteiger partial charge in [-0.3, -0.25) is 0 Å². The predicted octanol–water partition coefficient (Wildman–Crippen LogP) is 2.70. The van der Waals surface area contributed by atoms with Crippen LogP contribution in [-0.2, 0) is 6.18 Å². The second-order valence-corrected chi connectivity index (χ2v) is 6.36. The first-order valence-corrected chi connectivity index (χ1v) is 6.93. The summed E-state index contributed by atoms with van der Waals surface area (Å²) in [4.78, 5) is 2.26. The monoisotopic (exact) mass is 294 g/mol. The lowest BCUT2D eigenvalue weighted by molar-refractivity contribution is -0.138. The molecule has 1 fully saturated rings. The molecule has 0 bridgehead atoms.